The molecule has 2 aromatic rings. The number of likely N-dealkylation sites (N-methyl/N-ethyl adjacent to an activating group) is 1. The lowest BCUT2D eigenvalue weighted by molar-refractivity contribution is 0.0950. The molecule has 0 spiro atoms. The Bertz CT molecular complexity index is 733. The maximum absolute atomic E-state index is 12.0. The van der Waals surface area contributed by atoms with Crippen LogP contribution in [0.1, 0.15) is 15.9 Å². The summed E-state index contributed by atoms with van der Waals surface area (Å²) >= 11 is 0. The van der Waals surface area contributed by atoms with Gasteiger partial charge in [-0.05, 0) is 50.3 Å². The first-order chi connectivity index (χ1) is 13.0. The maximum Gasteiger partial charge on any atom is 0.252 e. The highest BCUT2D eigenvalue weighted by atomic mass is 16.5. The fraction of sp³-hybridized carbons (Fsp3) is 0.400. The van der Waals surface area contributed by atoms with Crippen LogP contribution in [0.5, 0.6) is 11.5 Å². The van der Waals surface area contributed by atoms with Crippen LogP contribution in [0.4, 0.5) is 5.82 Å². The zero-order valence-corrected chi connectivity index (χ0v) is 16.4. The minimum Gasteiger partial charge on any atom is -0.493 e. The molecule has 1 aromatic heterocycles. The fourth-order valence-electron chi connectivity index (χ4n) is 2.50. The number of rotatable bonds is 10. The second-order valence-corrected chi connectivity index (χ2v) is 6.36. The lowest BCUT2D eigenvalue weighted by atomic mass is 10.1. The average Bonchev–Trinajstić information content (AvgIpc) is 2.68. The third-order valence-corrected chi connectivity index (χ3v) is 4.04. The Hall–Kier alpha value is -2.80. The number of carbonyl (C=O) groups is 1. The largest absolute Gasteiger partial charge is 0.493 e. The van der Waals surface area contributed by atoms with Crippen molar-refractivity contribution < 1.29 is 14.3 Å². The van der Waals surface area contributed by atoms with E-state index in [-0.39, 0.29) is 5.91 Å². The number of methoxy groups -OCH3 is 2. The minimum atomic E-state index is -0.110. The van der Waals surface area contributed by atoms with Gasteiger partial charge in [-0.15, -0.1) is 0 Å². The fourth-order valence-corrected chi connectivity index (χ4v) is 2.50. The molecule has 1 heterocycles. The van der Waals surface area contributed by atoms with E-state index in [0.717, 1.165) is 42.4 Å². The molecular weight excluding hydrogens is 344 g/mol. The Balaban J connectivity index is 1.82. The zero-order valence-electron chi connectivity index (χ0n) is 16.4. The van der Waals surface area contributed by atoms with E-state index in [4.69, 9.17) is 9.47 Å². The number of anilines is 1. The third kappa shape index (κ3) is 6.45. The van der Waals surface area contributed by atoms with E-state index in [1.807, 2.05) is 43.3 Å². The Labute approximate surface area is 160 Å². The van der Waals surface area contributed by atoms with Crippen molar-refractivity contribution in [2.75, 3.05) is 53.3 Å². The van der Waals surface area contributed by atoms with Crippen molar-refractivity contribution >= 4 is 11.7 Å². The predicted molar refractivity (Wildman–Crippen MR) is 107 cm³/mol. The van der Waals surface area contributed by atoms with Gasteiger partial charge in [0, 0.05) is 25.8 Å². The summed E-state index contributed by atoms with van der Waals surface area (Å²) in [5.41, 5.74) is 1.69. The number of hydrogen-bond acceptors (Lipinski definition) is 6. The molecule has 0 atom stereocenters. The van der Waals surface area contributed by atoms with E-state index < -0.39 is 0 Å². The van der Waals surface area contributed by atoms with E-state index in [1.165, 1.54) is 0 Å². The standard InChI is InChI=1S/C20H28N4O3/c1-24(2)12-11-22-20(25)16-6-8-19(23-14-16)21-10-9-15-5-7-17(26-3)18(13-15)27-4/h5-8,13-14H,9-12H2,1-4H3,(H,21,23)(H,22,25). The number of amides is 1. The quantitative estimate of drug-likeness (QED) is 0.665. The highest BCUT2D eigenvalue weighted by molar-refractivity contribution is 5.94. The number of carbonyl (C=O) groups excluding carboxylic acids is 1. The number of nitrogens with zero attached hydrogens (tertiary/aromatic N) is 2. The van der Waals surface area contributed by atoms with Gasteiger partial charge in [0.15, 0.2) is 11.5 Å². The summed E-state index contributed by atoms with van der Waals surface area (Å²) in [6.45, 7) is 2.13. The van der Waals surface area contributed by atoms with Gasteiger partial charge in [-0.2, -0.15) is 0 Å². The van der Waals surface area contributed by atoms with Crippen molar-refractivity contribution in [2.45, 2.75) is 6.42 Å². The van der Waals surface area contributed by atoms with Gasteiger partial charge in [0.05, 0.1) is 19.8 Å². The molecule has 0 radical (unpaired) electrons. The van der Waals surface area contributed by atoms with Crippen LogP contribution < -0.4 is 20.1 Å². The molecule has 7 nitrogen and oxygen atoms in total. The summed E-state index contributed by atoms with van der Waals surface area (Å²) in [6.07, 6.45) is 2.40. The van der Waals surface area contributed by atoms with E-state index >= 15 is 0 Å². The first-order valence-corrected chi connectivity index (χ1v) is 8.87. The van der Waals surface area contributed by atoms with Crippen LogP contribution in [-0.4, -0.2) is 63.7 Å². The van der Waals surface area contributed by atoms with Crippen molar-refractivity contribution in [3.05, 3.63) is 47.7 Å². The number of aromatic nitrogens is 1. The topological polar surface area (TPSA) is 75.7 Å². The van der Waals surface area contributed by atoms with Crippen LogP contribution in [0.2, 0.25) is 0 Å². The van der Waals surface area contributed by atoms with Gasteiger partial charge in [-0.25, -0.2) is 4.98 Å². The molecule has 7 heteroatoms. The predicted octanol–water partition coefficient (Wildman–Crippen LogP) is 2.04. The van der Waals surface area contributed by atoms with E-state index in [0.29, 0.717) is 12.1 Å². The number of benzene rings is 1. The summed E-state index contributed by atoms with van der Waals surface area (Å²) in [6, 6.07) is 9.47. The second-order valence-electron chi connectivity index (χ2n) is 6.36. The molecule has 0 aliphatic heterocycles. The van der Waals surface area contributed by atoms with Crippen molar-refractivity contribution in [1.82, 2.24) is 15.2 Å². The molecule has 0 saturated heterocycles. The molecule has 0 aliphatic rings. The van der Waals surface area contributed by atoms with Gasteiger partial charge in [-0.1, -0.05) is 6.07 Å². The lowest BCUT2D eigenvalue weighted by Gasteiger charge is -2.11. The monoisotopic (exact) mass is 372 g/mol. The van der Waals surface area contributed by atoms with Crippen LogP contribution >= 0.6 is 0 Å². The SMILES string of the molecule is COc1ccc(CCNc2ccc(C(=O)NCCN(C)C)cn2)cc1OC. The summed E-state index contributed by atoms with van der Waals surface area (Å²) in [4.78, 5) is 18.4. The molecule has 1 amide bonds. The van der Waals surface area contributed by atoms with Gasteiger partial charge in [0.25, 0.3) is 5.91 Å². The highest BCUT2D eigenvalue weighted by Crippen LogP contribution is 2.27. The van der Waals surface area contributed by atoms with Crippen LogP contribution in [-0.2, 0) is 6.42 Å². The van der Waals surface area contributed by atoms with Crippen LogP contribution in [0.15, 0.2) is 36.5 Å². The van der Waals surface area contributed by atoms with Crippen LogP contribution in [0.3, 0.4) is 0 Å². The smallest absolute Gasteiger partial charge is 0.252 e. The third-order valence-electron chi connectivity index (χ3n) is 4.04. The molecule has 1 aromatic carbocycles. The zero-order chi connectivity index (χ0) is 19.6. The second kappa shape index (κ2) is 10.4. The average molecular weight is 372 g/mol. The molecule has 27 heavy (non-hydrogen) atoms. The van der Waals surface area contributed by atoms with Crippen molar-refractivity contribution in [1.29, 1.82) is 0 Å². The summed E-state index contributed by atoms with van der Waals surface area (Å²) < 4.78 is 10.6. The first kappa shape index (κ1) is 20.5. The Morgan fingerprint density at radius 1 is 1.07 bits per heavy atom. The van der Waals surface area contributed by atoms with E-state index in [2.05, 4.69) is 15.6 Å². The normalized spacial score (nSPS) is 10.6. The molecule has 0 fully saturated rings. The first-order valence-electron chi connectivity index (χ1n) is 8.87. The number of pyridine rings is 1. The van der Waals surface area contributed by atoms with Crippen molar-refractivity contribution in [3.8, 4) is 11.5 Å². The molecule has 0 saturated carbocycles. The van der Waals surface area contributed by atoms with Crippen LogP contribution in [0, 0.1) is 0 Å². The van der Waals surface area contributed by atoms with E-state index in [1.54, 1.807) is 26.5 Å². The van der Waals surface area contributed by atoms with Gasteiger partial charge >= 0.3 is 0 Å². The van der Waals surface area contributed by atoms with Gasteiger partial charge in [0.1, 0.15) is 5.82 Å². The summed E-state index contributed by atoms with van der Waals surface area (Å²) in [7, 11) is 7.19. The summed E-state index contributed by atoms with van der Waals surface area (Å²) in [5.74, 6) is 2.06. The maximum atomic E-state index is 12.0. The number of nitrogens with one attached hydrogen (secondary N) is 2. The molecule has 2 rings (SSSR count). The van der Waals surface area contributed by atoms with Crippen molar-refractivity contribution in [3.63, 3.8) is 0 Å². The Kier molecular flexibility index (Phi) is 7.88. The molecular formula is C20H28N4O3. The number of hydrogen-bond donors (Lipinski definition) is 2. The Morgan fingerprint density at radius 2 is 1.85 bits per heavy atom. The lowest BCUT2D eigenvalue weighted by Crippen LogP contribution is -2.31. The molecule has 0 bridgehead atoms. The molecule has 146 valence electrons. The summed E-state index contributed by atoms with van der Waals surface area (Å²) in [5, 5.41) is 6.13. The number of ether oxygens (including phenoxy) is 2. The van der Waals surface area contributed by atoms with Crippen molar-refractivity contribution in [2.24, 2.45) is 0 Å². The van der Waals surface area contributed by atoms with E-state index in [9.17, 15) is 4.79 Å². The Morgan fingerprint density at radius 3 is 2.48 bits per heavy atom. The molecule has 0 aliphatic carbocycles. The molecule has 0 unspecified atom stereocenters. The van der Waals surface area contributed by atoms with Gasteiger partial charge in [0.2, 0.25) is 0 Å². The van der Waals surface area contributed by atoms with Gasteiger partial charge < -0.3 is 25.0 Å². The highest BCUT2D eigenvalue weighted by Gasteiger charge is 2.07. The van der Waals surface area contributed by atoms with Crippen LogP contribution in [0.25, 0.3) is 0 Å². The minimum absolute atomic E-state index is 0.110. The molecule has 2 N–H and O–H groups in total. The van der Waals surface area contributed by atoms with Gasteiger partial charge in [-0.3, -0.25) is 4.79 Å².